The predicted octanol–water partition coefficient (Wildman–Crippen LogP) is 2.26. The lowest BCUT2D eigenvalue weighted by molar-refractivity contribution is 0.0713. The van der Waals surface area contributed by atoms with Gasteiger partial charge in [0.15, 0.2) is 0 Å². The third-order valence-corrected chi connectivity index (χ3v) is 6.14. The Kier molecular flexibility index (Phi) is 6.17. The Morgan fingerprint density at radius 3 is 2.32 bits per heavy atom. The zero-order valence-electron chi connectivity index (χ0n) is 16.1. The molecule has 0 saturated carbocycles. The number of aryl methyl sites for hydroxylation is 1. The third kappa shape index (κ3) is 4.98. The summed E-state index contributed by atoms with van der Waals surface area (Å²) in [6.07, 6.45) is 1.81. The summed E-state index contributed by atoms with van der Waals surface area (Å²) < 4.78 is 22.8. The number of hydrogen-bond donors (Lipinski definition) is 2. The van der Waals surface area contributed by atoms with Crippen molar-refractivity contribution in [2.75, 3.05) is 13.1 Å². The molecule has 7 heteroatoms. The normalized spacial score (nSPS) is 15.6. The van der Waals surface area contributed by atoms with Gasteiger partial charge in [-0.25, -0.2) is 13.6 Å². The molecule has 0 radical (unpaired) electrons. The topological polar surface area (TPSA) is 106 Å². The number of nitrogens with zero attached hydrogens (tertiary/aromatic N) is 1. The van der Waals surface area contributed by atoms with Gasteiger partial charge in [-0.2, -0.15) is 0 Å². The first-order chi connectivity index (χ1) is 13.3. The Labute approximate surface area is 166 Å². The number of piperidine rings is 1. The molecule has 3 rings (SSSR count). The van der Waals surface area contributed by atoms with Crippen molar-refractivity contribution in [1.82, 2.24) is 4.90 Å². The summed E-state index contributed by atoms with van der Waals surface area (Å²) in [7, 11) is -3.64. The van der Waals surface area contributed by atoms with Crippen LogP contribution in [0.1, 0.15) is 51.4 Å². The van der Waals surface area contributed by atoms with Crippen molar-refractivity contribution < 1.29 is 13.2 Å². The summed E-state index contributed by atoms with van der Waals surface area (Å²) >= 11 is 0. The maximum atomic E-state index is 12.9. The van der Waals surface area contributed by atoms with Crippen molar-refractivity contribution in [2.24, 2.45) is 10.9 Å². The molecule has 1 amide bonds. The second-order valence-electron chi connectivity index (χ2n) is 7.46. The van der Waals surface area contributed by atoms with Gasteiger partial charge in [-0.15, -0.1) is 0 Å². The van der Waals surface area contributed by atoms with E-state index in [-0.39, 0.29) is 11.7 Å². The summed E-state index contributed by atoms with van der Waals surface area (Å²) in [5.74, 6) is 0.111. The highest BCUT2D eigenvalue weighted by Crippen LogP contribution is 2.29. The zero-order valence-corrected chi connectivity index (χ0v) is 16.9. The molecule has 4 N–H and O–H groups in total. The van der Waals surface area contributed by atoms with Crippen LogP contribution in [-0.2, 0) is 22.3 Å². The third-order valence-electron chi connectivity index (χ3n) is 5.42. The number of benzene rings is 2. The van der Waals surface area contributed by atoms with Crippen molar-refractivity contribution in [3.63, 3.8) is 0 Å². The van der Waals surface area contributed by atoms with E-state index in [0.717, 1.165) is 24.0 Å². The summed E-state index contributed by atoms with van der Waals surface area (Å²) in [5, 5.41) is 5.16. The minimum absolute atomic E-state index is 0.0624. The second-order valence-corrected chi connectivity index (χ2v) is 9.08. The van der Waals surface area contributed by atoms with E-state index in [2.05, 4.69) is 24.3 Å². The molecule has 1 aliphatic heterocycles. The first kappa shape index (κ1) is 20.5. The molecule has 0 aromatic heterocycles. The Hall–Kier alpha value is -2.22. The number of rotatable bonds is 5. The van der Waals surface area contributed by atoms with Gasteiger partial charge < -0.3 is 10.6 Å². The molecular formula is C21H27N3O3S. The van der Waals surface area contributed by atoms with Gasteiger partial charge in [-0.1, -0.05) is 30.3 Å². The molecule has 0 bridgehead atoms. The molecule has 2 aromatic carbocycles. The van der Waals surface area contributed by atoms with Gasteiger partial charge in [0.2, 0.25) is 10.0 Å². The van der Waals surface area contributed by atoms with Crippen molar-refractivity contribution in [3.8, 4) is 0 Å². The highest BCUT2D eigenvalue weighted by molar-refractivity contribution is 7.88. The maximum Gasteiger partial charge on any atom is 0.253 e. The van der Waals surface area contributed by atoms with Crippen LogP contribution in [0.4, 0.5) is 0 Å². The number of carbonyl (C=O) groups excluding carboxylic acids is 1. The first-order valence-electron chi connectivity index (χ1n) is 9.45. The molecule has 1 aliphatic rings. The van der Waals surface area contributed by atoms with Crippen LogP contribution in [0.5, 0.6) is 0 Å². The van der Waals surface area contributed by atoms with Gasteiger partial charge in [0.05, 0.1) is 5.75 Å². The summed E-state index contributed by atoms with van der Waals surface area (Å²) in [6, 6.07) is 13.6. The number of sulfonamides is 1. The van der Waals surface area contributed by atoms with E-state index in [1.807, 2.05) is 11.8 Å². The van der Waals surface area contributed by atoms with Crippen LogP contribution in [0.15, 0.2) is 42.5 Å². The zero-order chi connectivity index (χ0) is 20.3. The van der Waals surface area contributed by atoms with Crippen LogP contribution in [-0.4, -0.2) is 32.3 Å². The smallest absolute Gasteiger partial charge is 0.253 e. The average molecular weight is 402 g/mol. The molecule has 0 spiro atoms. The molecule has 6 nitrogen and oxygen atoms in total. The molecule has 0 unspecified atom stereocenters. The van der Waals surface area contributed by atoms with Crippen molar-refractivity contribution >= 4 is 15.9 Å². The van der Waals surface area contributed by atoms with Crippen molar-refractivity contribution in [1.29, 1.82) is 0 Å². The fraction of sp³-hybridized carbons (Fsp3) is 0.381. The molecular weight excluding hydrogens is 374 g/mol. The number of amides is 1. The van der Waals surface area contributed by atoms with E-state index in [1.54, 1.807) is 18.2 Å². The van der Waals surface area contributed by atoms with E-state index in [1.165, 1.54) is 5.56 Å². The summed E-state index contributed by atoms with van der Waals surface area (Å²) in [5.41, 5.74) is 9.95. The lowest BCUT2D eigenvalue weighted by Crippen LogP contribution is -2.38. The molecule has 1 heterocycles. The number of carbonyl (C=O) groups is 1. The van der Waals surface area contributed by atoms with Crippen molar-refractivity contribution in [3.05, 3.63) is 70.3 Å². The SMILES string of the molecule is Cc1ccc(C(=O)N2CCC(c3ccc(CN)cc3)CC2)cc1CS(N)(=O)=O. The molecule has 1 fully saturated rings. The molecule has 2 aromatic rings. The van der Waals surface area contributed by atoms with Gasteiger partial charge in [0.1, 0.15) is 0 Å². The first-order valence-corrected chi connectivity index (χ1v) is 11.2. The van der Waals surface area contributed by atoms with Crippen LogP contribution >= 0.6 is 0 Å². The molecule has 0 atom stereocenters. The van der Waals surface area contributed by atoms with Gasteiger partial charge in [-0.3, -0.25) is 4.79 Å². The fourth-order valence-corrected chi connectivity index (χ4v) is 4.45. The predicted molar refractivity (Wildman–Crippen MR) is 110 cm³/mol. The largest absolute Gasteiger partial charge is 0.339 e. The van der Waals surface area contributed by atoms with Crippen LogP contribution in [0.3, 0.4) is 0 Å². The Morgan fingerprint density at radius 2 is 1.75 bits per heavy atom. The van der Waals surface area contributed by atoms with E-state index >= 15 is 0 Å². The minimum atomic E-state index is -3.64. The van der Waals surface area contributed by atoms with Gasteiger partial charge in [0, 0.05) is 25.2 Å². The quantitative estimate of drug-likeness (QED) is 0.801. The lowest BCUT2D eigenvalue weighted by atomic mass is 9.88. The minimum Gasteiger partial charge on any atom is -0.339 e. The van der Waals surface area contributed by atoms with Gasteiger partial charge in [0.25, 0.3) is 5.91 Å². The maximum absolute atomic E-state index is 12.9. The van der Waals surface area contributed by atoms with E-state index < -0.39 is 10.0 Å². The number of likely N-dealkylation sites (tertiary alicyclic amines) is 1. The Morgan fingerprint density at radius 1 is 1.11 bits per heavy atom. The molecule has 0 aliphatic carbocycles. The van der Waals surface area contributed by atoms with E-state index in [9.17, 15) is 13.2 Å². The van der Waals surface area contributed by atoms with Crippen LogP contribution in [0.25, 0.3) is 0 Å². The second kappa shape index (κ2) is 8.43. The number of hydrogen-bond acceptors (Lipinski definition) is 4. The van der Waals surface area contributed by atoms with Crippen LogP contribution in [0.2, 0.25) is 0 Å². The van der Waals surface area contributed by atoms with Gasteiger partial charge >= 0.3 is 0 Å². The Bertz CT molecular complexity index is 947. The summed E-state index contributed by atoms with van der Waals surface area (Å²) in [6.45, 7) is 3.72. The molecule has 1 saturated heterocycles. The van der Waals surface area contributed by atoms with E-state index in [0.29, 0.717) is 36.7 Å². The highest BCUT2D eigenvalue weighted by atomic mass is 32.2. The molecule has 150 valence electrons. The number of primary sulfonamides is 1. The summed E-state index contributed by atoms with van der Waals surface area (Å²) in [4.78, 5) is 14.7. The monoisotopic (exact) mass is 401 g/mol. The van der Waals surface area contributed by atoms with Gasteiger partial charge in [-0.05, 0) is 60.1 Å². The van der Waals surface area contributed by atoms with Crippen molar-refractivity contribution in [2.45, 2.75) is 38.0 Å². The van der Waals surface area contributed by atoms with Crippen LogP contribution < -0.4 is 10.9 Å². The fourth-order valence-electron chi connectivity index (χ4n) is 3.70. The Balaban J connectivity index is 1.67. The lowest BCUT2D eigenvalue weighted by Gasteiger charge is -2.32. The average Bonchev–Trinajstić information content (AvgIpc) is 2.68. The standard InChI is InChI=1S/C21H27N3O3S/c1-15-2-5-19(12-20(15)14-28(23,26)27)21(25)24-10-8-18(9-11-24)17-6-3-16(13-22)4-7-17/h2-7,12,18H,8-11,13-14,22H2,1H3,(H2,23,26,27). The number of nitrogens with two attached hydrogens (primary N) is 2. The van der Waals surface area contributed by atoms with E-state index in [4.69, 9.17) is 10.9 Å². The molecule has 28 heavy (non-hydrogen) atoms. The highest BCUT2D eigenvalue weighted by Gasteiger charge is 2.25. The van der Waals surface area contributed by atoms with Crippen LogP contribution in [0, 0.1) is 6.92 Å².